The van der Waals surface area contributed by atoms with Crippen molar-refractivity contribution >= 4 is 23.4 Å². The maximum absolute atomic E-state index is 6.10. The maximum atomic E-state index is 6.10. The second kappa shape index (κ2) is 4.69. The first-order valence-electron chi connectivity index (χ1n) is 6.37. The summed E-state index contributed by atoms with van der Waals surface area (Å²) in [5, 5.41) is 0.559. The van der Waals surface area contributed by atoms with Crippen molar-refractivity contribution in [3.05, 3.63) is 11.2 Å². The fraction of sp³-hybridized carbons (Fsp3) is 0.667. The average Bonchev–Trinajstić information content (AvgIpc) is 3.02. The molecule has 0 aliphatic carbocycles. The highest BCUT2D eigenvalue weighted by Gasteiger charge is 2.19. The van der Waals surface area contributed by atoms with E-state index in [0.717, 1.165) is 37.9 Å². The Morgan fingerprint density at radius 3 is 2.35 bits per heavy atom. The van der Waals surface area contributed by atoms with Crippen LogP contribution in [0.25, 0.3) is 0 Å². The van der Waals surface area contributed by atoms with Crippen molar-refractivity contribution in [3.63, 3.8) is 0 Å². The Labute approximate surface area is 107 Å². The molecule has 3 rings (SSSR count). The monoisotopic (exact) mass is 254 g/mol. The summed E-state index contributed by atoms with van der Waals surface area (Å²) in [4.78, 5) is 13.5. The molecule has 0 unspecified atom stereocenters. The molecule has 5 heteroatoms. The Kier molecular flexibility index (Phi) is 3.05. The Hall–Kier alpha value is -1.03. The lowest BCUT2D eigenvalue weighted by Gasteiger charge is -2.20. The minimum Gasteiger partial charge on any atom is -0.356 e. The van der Waals surface area contributed by atoms with E-state index in [1.54, 1.807) is 0 Å². The van der Waals surface area contributed by atoms with Gasteiger partial charge >= 0.3 is 0 Å². The molecule has 0 aromatic carbocycles. The molecular formula is C12H17ClN4. The molecule has 17 heavy (non-hydrogen) atoms. The molecule has 2 aliphatic heterocycles. The lowest BCUT2D eigenvalue weighted by Crippen LogP contribution is -2.24. The lowest BCUT2D eigenvalue weighted by molar-refractivity contribution is 0.871. The molecular weight excluding hydrogens is 238 g/mol. The third-order valence-electron chi connectivity index (χ3n) is 3.49. The highest BCUT2D eigenvalue weighted by Crippen LogP contribution is 2.25. The number of hydrogen-bond acceptors (Lipinski definition) is 4. The van der Waals surface area contributed by atoms with Crippen LogP contribution in [-0.4, -0.2) is 36.1 Å². The van der Waals surface area contributed by atoms with Gasteiger partial charge in [-0.15, -0.1) is 0 Å². The first-order valence-corrected chi connectivity index (χ1v) is 6.75. The number of rotatable bonds is 2. The van der Waals surface area contributed by atoms with Crippen molar-refractivity contribution in [3.8, 4) is 0 Å². The van der Waals surface area contributed by atoms with E-state index in [4.69, 9.17) is 11.6 Å². The van der Waals surface area contributed by atoms with Crippen LogP contribution in [-0.2, 0) is 0 Å². The van der Waals surface area contributed by atoms with Crippen molar-refractivity contribution in [1.82, 2.24) is 9.97 Å². The van der Waals surface area contributed by atoms with Crippen LogP contribution in [0.15, 0.2) is 6.07 Å². The van der Waals surface area contributed by atoms with Gasteiger partial charge in [-0.25, -0.2) is 4.98 Å². The van der Waals surface area contributed by atoms with Gasteiger partial charge in [-0.3, -0.25) is 0 Å². The number of hydrogen-bond donors (Lipinski definition) is 0. The molecule has 1 aromatic rings. The van der Waals surface area contributed by atoms with E-state index in [1.807, 2.05) is 6.07 Å². The van der Waals surface area contributed by atoms with Gasteiger partial charge in [0.05, 0.1) is 0 Å². The summed E-state index contributed by atoms with van der Waals surface area (Å²) in [7, 11) is 0. The van der Waals surface area contributed by atoms with E-state index in [-0.39, 0.29) is 0 Å². The van der Waals surface area contributed by atoms with Gasteiger partial charge in [0, 0.05) is 32.2 Å². The summed E-state index contributed by atoms with van der Waals surface area (Å²) in [6, 6.07) is 1.88. The molecule has 0 saturated carbocycles. The minimum absolute atomic E-state index is 0.559. The van der Waals surface area contributed by atoms with Gasteiger partial charge in [-0.2, -0.15) is 4.98 Å². The van der Waals surface area contributed by atoms with Gasteiger partial charge in [-0.05, 0) is 25.7 Å². The predicted molar refractivity (Wildman–Crippen MR) is 69.9 cm³/mol. The number of aromatic nitrogens is 2. The molecule has 92 valence electrons. The molecule has 0 atom stereocenters. The van der Waals surface area contributed by atoms with Crippen LogP contribution in [0.3, 0.4) is 0 Å². The van der Waals surface area contributed by atoms with Crippen molar-refractivity contribution < 1.29 is 0 Å². The van der Waals surface area contributed by atoms with E-state index in [0.29, 0.717) is 5.15 Å². The fourth-order valence-electron chi connectivity index (χ4n) is 2.56. The minimum atomic E-state index is 0.559. The summed E-state index contributed by atoms with van der Waals surface area (Å²) in [5.74, 6) is 1.79. The zero-order valence-electron chi connectivity index (χ0n) is 9.90. The zero-order chi connectivity index (χ0) is 11.7. The van der Waals surface area contributed by atoms with E-state index in [9.17, 15) is 0 Å². The van der Waals surface area contributed by atoms with Crippen molar-refractivity contribution in [2.24, 2.45) is 0 Å². The summed E-state index contributed by atoms with van der Waals surface area (Å²) in [5.41, 5.74) is 0. The van der Waals surface area contributed by atoms with Crippen LogP contribution in [0.4, 0.5) is 11.8 Å². The van der Waals surface area contributed by atoms with Gasteiger partial charge in [0.1, 0.15) is 11.0 Å². The molecule has 4 nitrogen and oxygen atoms in total. The number of anilines is 2. The lowest BCUT2D eigenvalue weighted by atomic mass is 10.4. The Morgan fingerprint density at radius 1 is 1.00 bits per heavy atom. The summed E-state index contributed by atoms with van der Waals surface area (Å²) in [6.07, 6.45) is 4.96. The van der Waals surface area contributed by atoms with Crippen LogP contribution < -0.4 is 9.80 Å². The Bertz CT molecular complexity index is 363. The maximum Gasteiger partial charge on any atom is 0.228 e. The SMILES string of the molecule is Clc1cc(N2CCCC2)[14n][14c](N2CCCC2)[14n]1. The first-order chi connectivity index (χ1) is 8.33. The van der Waals surface area contributed by atoms with Gasteiger partial charge in [0.15, 0.2) is 0 Å². The molecule has 1 aromatic heterocycles. The van der Waals surface area contributed by atoms with Crippen molar-refractivity contribution in [2.45, 2.75) is 25.7 Å². The van der Waals surface area contributed by atoms with E-state index in [2.05, 4.69) is 19.8 Å². The van der Waals surface area contributed by atoms with Gasteiger partial charge in [0.25, 0.3) is 0 Å². The Balaban J connectivity index is 1.88. The van der Waals surface area contributed by atoms with E-state index < -0.39 is 0 Å². The summed E-state index contributed by atoms with van der Waals surface area (Å²) < 4.78 is 0. The molecule has 0 radical (unpaired) electrons. The molecule has 0 N–H and O–H groups in total. The molecule has 2 fully saturated rings. The third kappa shape index (κ3) is 2.32. The second-order valence-electron chi connectivity index (χ2n) is 4.74. The first kappa shape index (κ1) is 11.1. The molecule has 0 bridgehead atoms. The fourth-order valence-corrected chi connectivity index (χ4v) is 2.73. The standard InChI is InChI=1S/C12H17ClN4/c13-10-9-11(16-5-1-2-6-16)15-12(14-10)17-7-3-4-8-17/h9H,1-8H2/i12+2,14+0,15+0. The normalized spacial score (nSPS) is 20.3. The molecule has 3 heterocycles. The smallest absolute Gasteiger partial charge is 0.228 e. The number of nitrogens with zero attached hydrogens (tertiary/aromatic N) is 4. The van der Waals surface area contributed by atoms with E-state index in [1.165, 1.54) is 25.7 Å². The van der Waals surface area contributed by atoms with Gasteiger partial charge in [-0.1, -0.05) is 11.6 Å². The van der Waals surface area contributed by atoms with Crippen LogP contribution in [0, 0.1) is 0 Å². The average molecular weight is 255 g/mol. The largest absolute Gasteiger partial charge is 0.356 e. The van der Waals surface area contributed by atoms with Gasteiger partial charge < -0.3 is 9.80 Å². The highest BCUT2D eigenvalue weighted by molar-refractivity contribution is 6.29. The van der Waals surface area contributed by atoms with Crippen LogP contribution >= 0.6 is 11.6 Å². The quantitative estimate of drug-likeness (QED) is 0.759. The van der Waals surface area contributed by atoms with Gasteiger partial charge in [0.2, 0.25) is 5.95 Å². The third-order valence-corrected chi connectivity index (χ3v) is 3.68. The van der Waals surface area contributed by atoms with Crippen LogP contribution in [0.5, 0.6) is 0 Å². The van der Waals surface area contributed by atoms with Crippen molar-refractivity contribution in [2.75, 3.05) is 36.0 Å². The van der Waals surface area contributed by atoms with Crippen LogP contribution in [0.1, 0.15) is 25.7 Å². The Morgan fingerprint density at radius 2 is 1.65 bits per heavy atom. The molecule has 0 spiro atoms. The second-order valence-corrected chi connectivity index (χ2v) is 5.12. The van der Waals surface area contributed by atoms with Crippen LogP contribution in [0.2, 0.25) is 5.15 Å². The zero-order valence-corrected chi connectivity index (χ0v) is 10.7. The summed E-state index contributed by atoms with van der Waals surface area (Å²) in [6.45, 7) is 4.29. The molecule has 2 saturated heterocycles. The highest BCUT2D eigenvalue weighted by atomic mass is 35.5. The topological polar surface area (TPSA) is 32.3 Å². The molecule has 0 amide bonds. The van der Waals surface area contributed by atoms with E-state index >= 15 is 0 Å². The molecule has 2 aliphatic rings. The predicted octanol–water partition coefficient (Wildman–Crippen LogP) is 2.33. The van der Waals surface area contributed by atoms with Crippen molar-refractivity contribution in [1.29, 1.82) is 0 Å². The number of halogens is 1. The summed E-state index contributed by atoms with van der Waals surface area (Å²) >= 11 is 6.10.